The number of aliphatic carboxylic acids is 2. The normalized spacial score (nSPS) is 16.1. The molecule has 0 spiro atoms. The summed E-state index contributed by atoms with van der Waals surface area (Å²) in [7, 11) is 0. The smallest absolute Gasteiger partial charge is 0.326 e. The summed E-state index contributed by atoms with van der Waals surface area (Å²) in [5.74, 6) is -3.49. The lowest BCUT2D eigenvalue weighted by Crippen LogP contribution is -2.51. The SMILES string of the molecule is CC(=O)NCCOCCOCCOCCC(=O)NCC1CCC(C(=O)N[C@@H](Cc2ccc3ccccc3c2)C(=O)NCCCC[C@H](NC(=O)N[C@@H](Cc2cnc[nH]2)C(=O)O)C(=O)O)CC1. The first kappa shape index (κ1) is 51.5. The highest BCUT2D eigenvalue weighted by Gasteiger charge is 2.30. The van der Waals surface area contributed by atoms with E-state index in [4.69, 9.17) is 14.2 Å². The number of ether oxygens (including phenoxy) is 3. The lowest BCUT2D eigenvalue weighted by Gasteiger charge is -2.29. The minimum Gasteiger partial charge on any atom is -0.480 e. The molecule has 1 aliphatic rings. The molecular weight excluding hydrogens is 845 g/mol. The molecule has 20 heteroatoms. The van der Waals surface area contributed by atoms with Crippen LogP contribution in [-0.4, -0.2) is 139 Å². The molecule has 1 aromatic heterocycles. The van der Waals surface area contributed by atoms with Crippen LogP contribution in [0.25, 0.3) is 10.8 Å². The monoisotopic (exact) mass is 908 g/mol. The van der Waals surface area contributed by atoms with Crippen LogP contribution in [0.15, 0.2) is 55.0 Å². The van der Waals surface area contributed by atoms with Gasteiger partial charge in [-0.2, -0.15) is 0 Å². The van der Waals surface area contributed by atoms with Crippen LogP contribution in [-0.2, 0) is 55.8 Å². The quantitative estimate of drug-likeness (QED) is 0.0432. The molecule has 1 aliphatic carbocycles. The molecule has 9 N–H and O–H groups in total. The second-order valence-electron chi connectivity index (χ2n) is 16.0. The number of fused-ring (bicyclic) bond motifs is 1. The molecule has 4 rings (SSSR count). The summed E-state index contributed by atoms with van der Waals surface area (Å²) >= 11 is 0. The van der Waals surface area contributed by atoms with E-state index in [1.165, 1.54) is 19.4 Å². The maximum Gasteiger partial charge on any atom is 0.326 e. The van der Waals surface area contributed by atoms with Crippen LogP contribution < -0.4 is 31.9 Å². The molecule has 0 aliphatic heterocycles. The van der Waals surface area contributed by atoms with E-state index in [0.29, 0.717) is 77.5 Å². The van der Waals surface area contributed by atoms with Gasteiger partial charge in [-0.3, -0.25) is 19.2 Å². The lowest BCUT2D eigenvalue weighted by atomic mass is 9.81. The predicted molar refractivity (Wildman–Crippen MR) is 237 cm³/mol. The van der Waals surface area contributed by atoms with E-state index in [1.807, 2.05) is 42.5 Å². The maximum atomic E-state index is 13.7. The Kier molecular flexibility index (Phi) is 22.7. The number of imidazole rings is 1. The zero-order valence-corrected chi connectivity index (χ0v) is 36.9. The van der Waals surface area contributed by atoms with Gasteiger partial charge in [-0.15, -0.1) is 0 Å². The number of benzene rings is 2. The lowest BCUT2D eigenvalue weighted by molar-refractivity contribution is -0.139. The van der Waals surface area contributed by atoms with Gasteiger partial charge in [0.2, 0.25) is 23.6 Å². The number of carbonyl (C=O) groups is 7. The Morgan fingerprint density at radius 1 is 0.723 bits per heavy atom. The standard InChI is InChI=1S/C45H64N8O12/c1-30(54)47-17-19-64-21-23-65-22-20-63-18-15-40(55)49-27-31-9-13-34(14-10-31)41(56)51-38(25-32-11-12-33-6-2-3-7-35(33)24-32)42(57)48-16-5-4-8-37(43(58)59)52-45(62)53-39(44(60)61)26-36-28-46-29-50-36/h2-3,6-7,11-12,24,28-29,31,34,37-39H,4-5,8-10,13-23,25-27H2,1H3,(H,46,50)(H,47,54)(H,48,57)(H,49,55)(H,51,56)(H,58,59)(H,60,61)(H2,52,53,62)/t31?,34?,37-,38-,39-/m0/s1. The molecule has 0 unspecified atom stereocenters. The van der Waals surface area contributed by atoms with Gasteiger partial charge in [-0.1, -0.05) is 42.5 Å². The van der Waals surface area contributed by atoms with Crippen molar-refractivity contribution < 1.29 is 58.0 Å². The molecule has 65 heavy (non-hydrogen) atoms. The molecule has 1 heterocycles. The second kappa shape index (κ2) is 28.6. The summed E-state index contributed by atoms with van der Waals surface area (Å²) in [4.78, 5) is 93.3. The van der Waals surface area contributed by atoms with Crippen molar-refractivity contribution in [2.45, 2.75) is 89.3 Å². The third-order valence-electron chi connectivity index (χ3n) is 10.9. The molecule has 3 atom stereocenters. The largest absolute Gasteiger partial charge is 0.480 e. The van der Waals surface area contributed by atoms with E-state index in [9.17, 15) is 43.8 Å². The summed E-state index contributed by atoms with van der Waals surface area (Å²) in [5, 5.41) is 37.4. The van der Waals surface area contributed by atoms with Crippen LogP contribution in [0.4, 0.5) is 4.79 Å². The number of urea groups is 1. The highest BCUT2D eigenvalue weighted by molar-refractivity contribution is 5.89. The fourth-order valence-corrected chi connectivity index (χ4v) is 7.32. The molecule has 2 aromatic carbocycles. The Morgan fingerprint density at radius 2 is 1.40 bits per heavy atom. The van der Waals surface area contributed by atoms with Crippen molar-refractivity contribution in [2.24, 2.45) is 11.8 Å². The number of carbonyl (C=O) groups excluding carboxylic acids is 5. The summed E-state index contributed by atoms with van der Waals surface area (Å²) in [6.45, 7) is 4.78. The number of nitrogens with one attached hydrogen (secondary N) is 7. The van der Waals surface area contributed by atoms with Gasteiger partial charge in [0.25, 0.3) is 0 Å². The molecule has 1 saturated carbocycles. The average Bonchev–Trinajstić information content (AvgIpc) is 3.80. The van der Waals surface area contributed by atoms with E-state index in [-0.39, 0.29) is 74.3 Å². The number of amides is 6. The third kappa shape index (κ3) is 20.1. The average molecular weight is 909 g/mol. The van der Waals surface area contributed by atoms with Crippen LogP contribution in [0, 0.1) is 11.8 Å². The second-order valence-corrected chi connectivity index (χ2v) is 16.0. The van der Waals surface area contributed by atoms with Gasteiger partial charge < -0.3 is 61.3 Å². The fourth-order valence-electron chi connectivity index (χ4n) is 7.32. The van der Waals surface area contributed by atoms with E-state index in [1.54, 1.807) is 0 Å². The highest BCUT2D eigenvalue weighted by Crippen LogP contribution is 2.29. The summed E-state index contributed by atoms with van der Waals surface area (Å²) in [6, 6.07) is 9.29. The molecule has 1 fully saturated rings. The first-order chi connectivity index (χ1) is 31.4. The molecule has 0 radical (unpaired) electrons. The fraction of sp³-hybridized carbons (Fsp3) is 0.556. The zero-order chi connectivity index (χ0) is 46.8. The predicted octanol–water partition coefficient (Wildman–Crippen LogP) is 1.82. The first-order valence-electron chi connectivity index (χ1n) is 22.2. The topological polar surface area (TPSA) is 288 Å². The van der Waals surface area contributed by atoms with Crippen LogP contribution in [0.5, 0.6) is 0 Å². The first-order valence-corrected chi connectivity index (χ1v) is 22.2. The molecule has 0 saturated heterocycles. The van der Waals surface area contributed by atoms with Crippen molar-refractivity contribution in [3.63, 3.8) is 0 Å². The van der Waals surface area contributed by atoms with E-state index in [0.717, 1.165) is 29.2 Å². The van der Waals surface area contributed by atoms with Gasteiger partial charge in [0, 0.05) is 63.6 Å². The number of carboxylic acids is 2. The van der Waals surface area contributed by atoms with Crippen LogP contribution in [0.3, 0.4) is 0 Å². The van der Waals surface area contributed by atoms with E-state index >= 15 is 0 Å². The number of nitrogens with zero attached hydrogens (tertiary/aromatic N) is 1. The van der Waals surface area contributed by atoms with Gasteiger partial charge in [-0.25, -0.2) is 19.4 Å². The molecule has 6 amide bonds. The number of H-pyrrole nitrogens is 1. The van der Waals surface area contributed by atoms with E-state index in [2.05, 4.69) is 41.9 Å². The van der Waals surface area contributed by atoms with Crippen molar-refractivity contribution in [1.82, 2.24) is 41.9 Å². The number of unbranched alkanes of at least 4 members (excludes halogenated alkanes) is 1. The Morgan fingerprint density at radius 3 is 2.08 bits per heavy atom. The minimum absolute atomic E-state index is 0.0212. The molecule has 20 nitrogen and oxygen atoms in total. The highest BCUT2D eigenvalue weighted by atomic mass is 16.5. The minimum atomic E-state index is -1.32. The molecular formula is C45H64N8O12. The molecule has 356 valence electrons. The van der Waals surface area contributed by atoms with E-state index < -0.39 is 36.1 Å². The van der Waals surface area contributed by atoms with Crippen molar-refractivity contribution in [3.8, 4) is 0 Å². The van der Waals surface area contributed by atoms with Crippen molar-refractivity contribution >= 4 is 52.4 Å². The van der Waals surface area contributed by atoms with Crippen LogP contribution in [0.1, 0.15) is 69.5 Å². The number of hydrogen-bond acceptors (Lipinski definition) is 11. The number of aromatic nitrogens is 2. The summed E-state index contributed by atoms with van der Waals surface area (Å²) in [5.41, 5.74) is 1.34. The summed E-state index contributed by atoms with van der Waals surface area (Å²) < 4.78 is 16.3. The maximum absolute atomic E-state index is 13.7. The van der Waals surface area contributed by atoms with Gasteiger partial charge >= 0.3 is 18.0 Å². The number of rotatable bonds is 30. The Balaban J connectivity index is 1.17. The van der Waals surface area contributed by atoms with Crippen LogP contribution in [0.2, 0.25) is 0 Å². The molecule has 3 aromatic rings. The van der Waals surface area contributed by atoms with Crippen molar-refractivity contribution in [2.75, 3.05) is 59.3 Å². The number of carboxylic acid groups (broad SMARTS) is 2. The van der Waals surface area contributed by atoms with Crippen LogP contribution >= 0.6 is 0 Å². The number of hydrogen-bond donors (Lipinski definition) is 9. The van der Waals surface area contributed by atoms with Gasteiger partial charge in [0.15, 0.2) is 0 Å². The van der Waals surface area contributed by atoms with Gasteiger partial charge in [0.05, 0.1) is 46.0 Å². The number of aromatic amines is 1. The summed E-state index contributed by atoms with van der Waals surface area (Å²) in [6.07, 6.45) is 6.58. The van der Waals surface area contributed by atoms with Gasteiger partial charge in [0.1, 0.15) is 18.1 Å². The van der Waals surface area contributed by atoms with Crippen molar-refractivity contribution in [3.05, 3.63) is 66.2 Å². The Bertz CT molecular complexity index is 1970. The van der Waals surface area contributed by atoms with Crippen molar-refractivity contribution in [1.29, 1.82) is 0 Å². The zero-order valence-electron chi connectivity index (χ0n) is 36.9. The third-order valence-corrected chi connectivity index (χ3v) is 10.9. The molecule has 0 bridgehead atoms. The Labute approximate surface area is 378 Å². The van der Waals surface area contributed by atoms with Gasteiger partial charge in [-0.05, 0) is 67.2 Å². The Hall–Kier alpha value is -6.12.